The molecule has 0 aliphatic rings. The number of carbonyl (C=O) groups excluding carboxylic acids is 2. The highest BCUT2D eigenvalue weighted by molar-refractivity contribution is 7.98. The number of benzene rings is 3. The molecule has 0 saturated heterocycles. The van der Waals surface area contributed by atoms with E-state index < -0.39 is 0 Å². The first-order valence-electron chi connectivity index (χ1n) is 11.2. The number of amides is 2. The van der Waals surface area contributed by atoms with Crippen molar-refractivity contribution in [3.63, 3.8) is 0 Å². The molecule has 2 N–H and O–H groups in total. The summed E-state index contributed by atoms with van der Waals surface area (Å²) in [5.74, 6) is 1.22. The van der Waals surface area contributed by atoms with Crippen LogP contribution in [0, 0.1) is 6.92 Å². The summed E-state index contributed by atoms with van der Waals surface area (Å²) in [5, 5.41) is 6.12. The quantitative estimate of drug-likeness (QED) is 0.351. The fourth-order valence-corrected chi connectivity index (χ4v) is 4.31. The highest BCUT2D eigenvalue weighted by atomic mass is 32.2. The lowest BCUT2D eigenvalue weighted by Gasteiger charge is -2.20. The van der Waals surface area contributed by atoms with Gasteiger partial charge in [0, 0.05) is 11.3 Å². The number of fused-ring (bicyclic) bond motifs is 1. The number of carbonyl (C=O) groups is 2. The summed E-state index contributed by atoms with van der Waals surface area (Å²) in [4.78, 5) is 30.8. The average molecular weight is 473 g/mol. The summed E-state index contributed by atoms with van der Waals surface area (Å²) in [6, 6.07) is 24.3. The molecule has 34 heavy (non-hydrogen) atoms. The molecule has 2 amide bonds. The van der Waals surface area contributed by atoms with Gasteiger partial charge >= 0.3 is 0 Å². The van der Waals surface area contributed by atoms with E-state index >= 15 is 0 Å². The van der Waals surface area contributed by atoms with Crippen LogP contribution in [-0.2, 0) is 11.3 Å². The molecule has 0 spiro atoms. The number of para-hydroxylation sites is 2. The SMILES string of the molecule is CSCC[C@H](NC(=O)c1ccccc1)c1nc2ccccc2n1CC(=O)Nc1ccc(C)cc1. The minimum atomic E-state index is -0.334. The third-order valence-corrected chi connectivity index (χ3v) is 6.23. The number of rotatable bonds is 9. The van der Waals surface area contributed by atoms with Gasteiger partial charge in [-0.05, 0) is 61.8 Å². The van der Waals surface area contributed by atoms with Crippen LogP contribution in [-0.4, -0.2) is 33.4 Å². The first-order valence-corrected chi connectivity index (χ1v) is 12.6. The molecule has 0 aliphatic heterocycles. The number of nitrogens with one attached hydrogen (secondary N) is 2. The number of aryl methyl sites for hydroxylation is 1. The van der Waals surface area contributed by atoms with E-state index in [-0.39, 0.29) is 24.4 Å². The number of aromatic nitrogens is 2. The molecule has 174 valence electrons. The Kier molecular flexibility index (Phi) is 7.65. The zero-order valence-electron chi connectivity index (χ0n) is 19.3. The van der Waals surface area contributed by atoms with E-state index in [9.17, 15) is 9.59 Å². The molecule has 3 aromatic carbocycles. The van der Waals surface area contributed by atoms with Crippen molar-refractivity contribution in [2.24, 2.45) is 0 Å². The van der Waals surface area contributed by atoms with Gasteiger partial charge in [0.15, 0.2) is 0 Å². The van der Waals surface area contributed by atoms with Crippen LogP contribution in [0.15, 0.2) is 78.9 Å². The summed E-state index contributed by atoms with van der Waals surface area (Å²) in [5.41, 5.74) is 4.13. The van der Waals surface area contributed by atoms with Crippen molar-refractivity contribution in [2.45, 2.75) is 25.9 Å². The van der Waals surface area contributed by atoms with E-state index in [0.717, 1.165) is 28.0 Å². The molecule has 0 aliphatic carbocycles. The fraction of sp³-hybridized carbons (Fsp3) is 0.222. The number of hydrogen-bond donors (Lipinski definition) is 2. The van der Waals surface area contributed by atoms with Crippen molar-refractivity contribution in [3.05, 3.63) is 95.8 Å². The van der Waals surface area contributed by atoms with Gasteiger partial charge in [-0.25, -0.2) is 4.98 Å². The third kappa shape index (κ3) is 5.66. The summed E-state index contributed by atoms with van der Waals surface area (Å²) >= 11 is 1.71. The molecule has 4 rings (SSSR count). The predicted molar refractivity (Wildman–Crippen MR) is 139 cm³/mol. The van der Waals surface area contributed by atoms with Crippen LogP contribution in [0.5, 0.6) is 0 Å². The van der Waals surface area contributed by atoms with Crippen LogP contribution in [0.1, 0.15) is 34.2 Å². The molecule has 1 heterocycles. The minimum absolute atomic E-state index is 0.0979. The second-order valence-corrected chi connectivity index (χ2v) is 9.12. The van der Waals surface area contributed by atoms with Gasteiger partial charge in [-0.1, -0.05) is 48.0 Å². The van der Waals surface area contributed by atoms with E-state index in [1.165, 1.54) is 0 Å². The zero-order chi connectivity index (χ0) is 23.9. The Hall–Kier alpha value is -3.58. The average Bonchev–Trinajstić information content (AvgIpc) is 3.21. The number of thioether (sulfide) groups is 1. The molecular weight excluding hydrogens is 444 g/mol. The standard InChI is InChI=1S/C27H28N4O2S/c1-19-12-14-21(15-13-19)28-25(32)18-31-24-11-7-6-10-22(24)29-26(31)23(16-17-34-2)30-27(33)20-8-4-3-5-9-20/h3-15,23H,16-18H2,1-2H3,(H,28,32)(H,30,33)/t23-/m0/s1. The maximum Gasteiger partial charge on any atom is 0.251 e. The molecule has 7 heteroatoms. The summed E-state index contributed by atoms with van der Waals surface area (Å²) in [6.07, 6.45) is 2.73. The maximum atomic E-state index is 13.0. The van der Waals surface area contributed by atoms with Gasteiger partial charge in [-0.15, -0.1) is 0 Å². The van der Waals surface area contributed by atoms with Crippen molar-refractivity contribution >= 4 is 40.3 Å². The Morgan fingerprint density at radius 3 is 2.41 bits per heavy atom. The smallest absolute Gasteiger partial charge is 0.251 e. The second-order valence-electron chi connectivity index (χ2n) is 8.13. The zero-order valence-corrected chi connectivity index (χ0v) is 20.1. The van der Waals surface area contributed by atoms with Gasteiger partial charge in [0.05, 0.1) is 17.1 Å². The maximum absolute atomic E-state index is 13.0. The normalized spacial score (nSPS) is 11.8. The van der Waals surface area contributed by atoms with E-state index in [2.05, 4.69) is 10.6 Å². The lowest BCUT2D eigenvalue weighted by atomic mass is 10.1. The van der Waals surface area contributed by atoms with Crippen molar-refractivity contribution in [1.29, 1.82) is 0 Å². The van der Waals surface area contributed by atoms with Gasteiger partial charge < -0.3 is 15.2 Å². The third-order valence-electron chi connectivity index (χ3n) is 5.58. The summed E-state index contributed by atoms with van der Waals surface area (Å²) < 4.78 is 1.91. The summed E-state index contributed by atoms with van der Waals surface area (Å²) in [7, 11) is 0. The van der Waals surface area contributed by atoms with E-state index in [4.69, 9.17) is 4.98 Å². The Morgan fingerprint density at radius 2 is 1.68 bits per heavy atom. The minimum Gasteiger partial charge on any atom is -0.342 e. The molecule has 0 radical (unpaired) electrons. The van der Waals surface area contributed by atoms with Gasteiger partial charge in [0.1, 0.15) is 12.4 Å². The molecule has 0 saturated carbocycles. The van der Waals surface area contributed by atoms with Gasteiger partial charge in [-0.2, -0.15) is 11.8 Å². The number of hydrogen-bond acceptors (Lipinski definition) is 4. The van der Waals surface area contributed by atoms with Crippen LogP contribution < -0.4 is 10.6 Å². The molecule has 0 unspecified atom stereocenters. The molecule has 4 aromatic rings. The Labute approximate surface area is 203 Å². The number of imidazole rings is 1. The molecule has 6 nitrogen and oxygen atoms in total. The van der Waals surface area contributed by atoms with E-state index in [0.29, 0.717) is 17.8 Å². The topological polar surface area (TPSA) is 76.0 Å². The van der Waals surface area contributed by atoms with Crippen molar-refractivity contribution in [3.8, 4) is 0 Å². The Balaban J connectivity index is 1.64. The largest absolute Gasteiger partial charge is 0.342 e. The molecule has 0 fully saturated rings. The Bertz CT molecular complexity index is 1270. The monoisotopic (exact) mass is 472 g/mol. The van der Waals surface area contributed by atoms with E-state index in [1.54, 1.807) is 23.9 Å². The van der Waals surface area contributed by atoms with Crippen LogP contribution in [0.2, 0.25) is 0 Å². The highest BCUT2D eigenvalue weighted by Crippen LogP contribution is 2.25. The van der Waals surface area contributed by atoms with Gasteiger partial charge in [0.2, 0.25) is 5.91 Å². The molecular formula is C27H28N4O2S. The van der Waals surface area contributed by atoms with E-state index in [1.807, 2.05) is 84.5 Å². The summed E-state index contributed by atoms with van der Waals surface area (Å²) in [6.45, 7) is 2.11. The first kappa shape index (κ1) is 23.6. The van der Waals surface area contributed by atoms with Crippen LogP contribution in [0.4, 0.5) is 5.69 Å². The van der Waals surface area contributed by atoms with Crippen molar-refractivity contribution in [1.82, 2.24) is 14.9 Å². The Morgan fingerprint density at radius 1 is 0.971 bits per heavy atom. The first-order chi connectivity index (χ1) is 16.5. The van der Waals surface area contributed by atoms with Gasteiger partial charge in [0.25, 0.3) is 5.91 Å². The lowest BCUT2D eigenvalue weighted by Crippen LogP contribution is -2.32. The van der Waals surface area contributed by atoms with Crippen LogP contribution in [0.25, 0.3) is 11.0 Å². The molecule has 1 aromatic heterocycles. The van der Waals surface area contributed by atoms with Crippen LogP contribution >= 0.6 is 11.8 Å². The van der Waals surface area contributed by atoms with Gasteiger partial charge in [-0.3, -0.25) is 9.59 Å². The molecule has 0 bridgehead atoms. The number of anilines is 1. The van der Waals surface area contributed by atoms with Crippen molar-refractivity contribution < 1.29 is 9.59 Å². The number of nitrogens with zero attached hydrogens (tertiary/aromatic N) is 2. The predicted octanol–water partition coefficient (Wildman–Crippen LogP) is 5.21. The van der Waals surface area contributed by atoms with Crippen LogP contribution in [0.3, 0.4) is 0 Å². The molecule has 1 atom stereocenters. The van der Waals surface area contributed by atoms with Crippen molar-refractivity contribution in [2.75, 3.05) is 17.3 Å². The highest BCUT2D eigenvalue weighted by Gasteiger charge is 2.23. The lowest BCUT2D eigenvalue weighted by molar-refractivity contribution is -0.116. The second kappa shape index (κ2) is 11.0. The fourth-order valence-electron chi connectivity index (χ4n) is 3.84.